The zero-order valence-corrected chi connectivity index (χ0v) is 12.9. The molecule has 10 nitrogen and oxygen atoms in total. The SMILES string of the molecule is Cn1nnnc1Cn1nc2cnc(OCC(C)(C)C)nc2n1. The molecule has 3 aromatic heterocycles. The summed E-state index contributed by atoms with van der Waals surface area (Å²) in [6, 6.07) is 0.301. The van der Waals surface area contributed by atoms with Crippen LogP contribution in [0.3, 0.4) is 0 Å². The van der Waals surface area contributed by atoms with E-state index in [1.54, 1.807) is 17.9 Å². The standard InChI is InChI=1S/C12H17N9O/c1-12(2,3)7-22-11-13-5-8-10(14-11)17-21(16-8)6-9-15-18-19-20(9)4/h5H,6-7H2,1-4H3. The Morgan fingerprint density at radius 3 is 2.73 bits per heavy atom. The lowest BCUT2D eigenvalue weighted by Gasteiger charge is -2.17. The predicted octanol–water partition coefficient (Wildman–Crippen LogP) is 0.218. The quantitative estimate of drug-likeness (QED) is 0.673. The molecule has 10 heteroatoms. The number of hydrogen-bond acceptors (Lipinski definition) is 8. The third-order valence-corrected chi connectivity index (χ3v) is 2.79. The number of ether oxygens (including phenoxy) is 1. The van der Waals surface area contributed by atoms with Gasteiger partial charge in [0.2, 0.25) is 5.65 Å². The van der Waals surface area contributed by atoms with Crippen molar-refractivity contribution in [3.05, 3.63) is 12.0 Å². The summed E-state index contributed by atoms with van der Waals surface area (Å²) in [6.07, 6.45) is 1.60. The van der Waals surface area contributed by atoms with Gasteiger partial charge < -0.3 is 4.74 Å². The number of hydrogen-bond donors (Lipinski definition) is 0. The van der Waals surface area contributed by atoms with Crippen LogP contribution in [0.15, 0.2) is 6.20 Å². The molecular formula is C12H17N9O. The Morgan fingerprint density at radius 1 is 1.23 bits per heavy atom. The van der Waals surface area contributed by atoms with Crippen molar-refractivity contribution in [2.24, 2.45) is 12.5 Å². The minimum Gasteiger partial charge on any atom is -0.463 e. The van der Waals surface area contributed by atoms with Crippen LogP contribution in [-0.2, 0) is 13.6 Å². The maximum Gasteiger partial charge on any atom is 0.318 e. The predicted molar refractivity (Wildman–Crippen MR) is 76.0 cm³/mol. The molecule has 0 radical (unpaired) electrons. The van der Waals surface area contributed by atoms with E-state index < -0.39 is 0 Å². The van der Waals surface area contributed by atoms with Crippen molar-refractivity contribution >= 4 is 11.2 Å². The summed E-state index contributed by atoms with van der Waals surface area (Å²) < 4.78 is 7.14. The highest BCUT2D eigenvalue weighted by Crippen LogP contribution is 2.16. The number of aryl methyl sites for hydroxylation is 1. The molecule has 22 heavy (non-hydrogen) atoms. The van der Waals surface area contributed by atoms with E-state index in [-0.39, 0.29) is 5.41 Å². The van der Waals surface area contributed by atoms with E-state index in [0.29, 0.717) is 36.2 Å². The lowest BCUT2D eigenvalue weighted by Crippen LogP contribution is -2.17. The molecule has 0 unspecified atom stereocenters. The summed E-state index contributed by atoms with van der Waals surface area (Å²) in [5.41, 5.74) is 1.11. The summed E-state index contributed by atoms with van der Waals surface area (Å²) in [7, 11) is 1.76. The van der Waals surface area contributed by atoms with E-state index >= 15 is 0 Å². The first kappa shape index (κ1) is 14.3. The monoisotopic (exact) mass is 303 g/mol. The molecule has 116 valence electrons. The van der Waals surface area contributed by atoms with Crippen LogP contribution in [0.5, 0.6) is 6.01 Å². The van der Waals surface area contributed by atoms with Gasteiger partial charge in [-0.2, -0.15) is 9.78 Å². The molecule has 3 heterocycles. The molecule has 0 fully saturated rings. The fourth-order valence-corrected chi connectivity index (χ4v) is 1.68. The minimum absolute atomic E-state index is 0.0358. The summed E-state index contributed by atoms with van der Waals surface area (Å²) >= 11 is 0. The molecule has 3 rings (SSSR count). The van der Waals surface area contributed by atoms with E-state index in [4.69, 9.17) is 4.74 Å². The average Bonchev–Trinajstić information content (AvgIpc) is 3.02. The Labute approximate surface area is 126 Å². The largest absolute Gasteiger partial charge is 0.463 e. The molecule has 0 N–H and O–H groups in total. The van der Waals surface area contributed by atoms with Gasteiger partial charge in [-0.05, 0) is 15.8 Å². The molecule has 0 saturated carbocycles. The first-order chi connectivity index (χ1) is 10.4. The molecule has 0 amide bonds. The highest BCUT2D eigenvalue weighted by Gasteiger charge is 2.14. The summed E-state index contributed by atoms with van der Waals surface area (Å²) in [4.78, 5) is 9.89. The van der Waals surface area contributed by atoms with Gasteiger partial charge in [0, 0.05) is 7.05 Å². The Kier molecular flexibility index (Phi) is 3.43. The first-order valence-electron chi connectivity index (χ1n) is 6.83. The number of nitrogens with zero attached hydrogens (tertiary/aromatic N) is 9. The van der Waals surface area contributed by atoms with Gasteiger partial charge >= 0.3 is 6.01 Å². The third kappa shape index (κ3) is 3.15. The third-order valence-electron chi connectivity index (χ3n) is 2.79. The van der Waals surface area contributed by atoms with E-state index in [1.807, 2.05) is 0 Å². The Balaban J connectivity index is 1.79. The Morgan fingerprint density at radius 2 is 2.05 bits per heavy atom. The highest BCUT2D eigenvalue weighted by atomic mass is 16.5. The minimum atomic E-state index is 0.0358. The molecule has 0 spiro atoms. The molecule has 0 aromatic carbocycles. The van der Waals surface area contributed by atoms with Gasteiger partial charge in [-0.3, -0.25) is 0 Å². The van der Waals surface area contributed by atoms with Crippen LogP contribution in [0.2, 0.25) is 0 Å². The van der Waals surface area contributed by atoms with Crippen LogP contribution >= 0.6 is 0 Å². The fraction of sp³-hybridized carbons (Fsp3) is 0.583. The summed E-state index contributed by atoms with van der Waals surface area (Å²) in [6.45, 7) is 7.12. The molecule has 3 aromatic rings. The van der Waals surface area contributed by atoms with Crippen molar-refractivity contribution in [2.45, 2.75) is 27.3 Å². The highest BCUT2D eigenvalue weighted by molar-refractivity contribution is 5.67. The molecule has 0 aliphatic carbocycles. The van der Waals surface area contributed by atoms with Gasteiger partial charge in [-0.15, -0.1) is 15.3 Å². The van der Waals surface area contributed by atoms with Gasteiger partial charge in [-0.25, -0.2) is 9.67 Å². The fourth-order valence-electron chi connectivity index (χ4n) is 1.68. The first-order valence-corrected chi connectivity index (χ1v) is 6.83. The molecule has 0 saturated heterocycles. The Hall–Kier alpha value is -2.65. The van der Waals surface area contributed by atoms with Crippen molar-refractivity contribution in [2.75, 3.05) is 6.61 Å². The van der Waals surface area contributed by atoms with E-state index in [2.05, 4.69) is 56.5 Å². The van der Waals surface area contributed by atoms with Gasteiger partial charge in [0.25, 0.3) is 0 Å². The summed E-state index contributed by atoms with van der Waals surface area (Å²) in [5, 5.41) is 19.8. The number of fused-ring (bicyclic) bond motifs is 1. The van der Waals surface area contributed by atoms with Crippen molar-refractivity contribution < 1.29 is 4.74 Å². The second-order valence-corrected chi connectivity index (χ2v) is 6.16. The number of tetrazole rings is 1. The molecule has 0 atom stereocenters. The van der Waals surface area contributed by atoms with Crippen LogP contribution < -0.4 is 4.74 Å². The van der Waals surface area contributed by atoms with Crippen molar-refractivity contribution in [1.29, 1.82) is 0 Å². The van der Waals surface area contributed by atoms with Crippen LogP contribution in [0.25, 0.3) is 11.2 Å². The molecule has 0 aliphatic heterocycles. The molecule has 0 aliphatic rings. The average molecular weight is 303 g/mol. The Bertz CT molecular complexity index is 785. The van der Waals surface area contributed by atoms with Crippen molar-refractivity contribution in [1.82, 2.24) is 45.2 Å². The van der Waals surface area contributed by atoms with E-state index in [9.17, 15) is 0 Å². The molecule has 0 bridgehead atoms. The van der Waals surface area contributed by atoms with Crippen LogP contribution in [0.1, 0.15) is 26.6 Å². The van der Waals surface area contributed by atoms with Gasteiger partial charge in [0.15, 0.2) is 11.3 Å². The van der Waals surface area contributed by atoms with Crippen LogP contribution in [0, 0.1) is 5.41 Å². The van der Waals surface area contributed by atoms with E-state index in [1.165, 1.54) is 4.80 Å². The van der Waals surface area contributed by atoms with Crippen LogP contribution in [-0.4, -0.2) is 51.8 Å². The topological polar surface area (TPSA) is 109 Å². The van der Waals surface area contributed by atoms with Crippen molar-refractivity contribution in [3.63, 3.8) is 0 Å². The lowest BCUT2D eigenvalue weighted by atomic mass is 9.99. The maximum atomic E-state index is 5.58. The number of aromatic nitrogens is 9. The zero-order chi connectivity index (χ0) is 15.7. The van der Waals surface area contributed by atoms with Gasteiger partial charge in [0.05, 0.1) is 12.8 Å². The maximum absolute atomic E-state index is 5.58. The second-order valence-electron chi connectivity index (χ2n) is 6.16. The second kappa shape index (κ2) is 5.28. The van der Waals surface area contributed by atoms with Gasteiger partial charge in [-0.1, -0.05) is 20.8 Å². The zero-order valence-electron chi connectivity index (χ0n) is 12.9. The molecular weight excluding hydrogens is 286 g/mol. The summed E-state index contributed by atoms with van der Waals surface area (Å²) in [5.74, 6) is 0.650. The smallest absolute Gasteiger partial charge is 0.318 e. The van der Waals surface area contributed by atoms with Crippen LogP contribution in [0.4, 0.5) is 0 Å². The van der Waals surface area contributed by atoms with Gasteiger partial charge in [0.1, 0.15) is 6.54 Å². The lowest BCUT2D eigenvalue weighted by molar-refractivity contribution is 0.185. The number of rotatable bonds is 4. The van der Waals surface area contributed by atoms with Crippen molar-refractivity contribution in [3.8, 4) is 6.01 Å². The van der Waals surface area contributed by atoms with E-state index in [0.717, 1.165) is 0 Å². The normalized spacial score (nSPS) is 12.0.